The first-order valence-electron chi connectivity index (χ1n) is 6.04. The third-order valence-electron chi connectivity index (χ3n) is 3.57. The fourth-order valence-corrected chi connectivity index (χ4v) is 3.87. The molecular formula is C11H17N3O2S. The van der Waals surface area contributed by atoms with Gasteiger partial charge in [-0.2, -0.15) is 0 Å². The molecule has 0 atom stereocenters. The quantitative estimate of drug-likeness (QED) is 0.786. The van der Waals surface area contributed by atoms with Gasteiger partial charge in [0.25, 0.3) is 0 Å². The van der Waals surface area contributed by atoms with Crippen molar-refractivity contribution < 1.29 is 8.42 Å². The van der Waals surface area contributed by atoms with E-state index in [0.29, 0.717) is 12.5 Å². The van der Waals surface area contributed by atoms with Crippen molar-refractivity contribution in [1.82, 2.24) is 15.0 Å². The smallest absolute Gasteiger partial charge is 0.148 e. The van der Waals surface area contributed by atoms with E-state index in [1.54, 1.807) is 0 Å². The molecule has 0 saturated heterocycles. The second-order valence-corrected chi connectivity index (χ2v) is 7.83. The van der Waals surface area contributed by atoms with Gasteiger partial charge in [0.05, 0.1) is 11.4 Å². The molecule has 17 heavy (non-hydrogen) atoms. The monoisotopic (exact) mass is 255 g/mol. The van der Waals surface area contributed by atoms with Crippen molar-refractivity contribution >= 4 is 9.84 Å². The van der Waals surface area contributed by atoms with Gasteiger partial charge in [-0.1, -0.05) is 5.21 Å². The highest BCUT2D eigenvalue weighted by Gasteiger charge is 2.46. The third-order valence-corrected chi connectivity index (χ3v) is 4.71. The van der Waals surface area contributed by atoms with Gasteiger partial charge in [0, 0.05) is 30.3 Å². The Morgan fingerprint density at radius 2 is 2.18 bits per heavy atom. The van der Waals surface area contributed by atoms with Gasteiger partial charge >= 0.3 is 0 Å². The first-order chi connectivity index (χ1) is 7.96. The summed E-state index contributed by atoms with van der Waals surface area (Å²) in [5.74, 6) is 0.882. The lowest BCUT2D eigenvalue weighted by atomic mass is 10.1. The van der Waals surface area contributed by atoms with E-state index < -0.39 is 9.84 Å². The van der Waals surface area contributed by atoms with E-state index in [2.05, 4.69) is 10.3 Å². The van der Waals surface area contributed by atoms with Crippen LogP contribution in [0, 0.1) is 5.41 Å². The maximum absolute atomic E-state index is 11.4. The summed E-state index contributed by atoms with van der Waals surface area (Å²) in [5.41, 5.74) is 1.00. The Balaban J connectivity index is 1.69. The summed E-state index contributed by atoms with van der Waals surface area (Å²) in [6.45, 7) is 0.694. The summed E-state index contributed by atoms with van der Waals surface area (Å²) in [6.07, 6.45) is 7.70. The molecule has 1 heterocycles. The highest BCUT2D eigenvalue weighted by molar-refractivity contribution is 7.90. The maximum Gasteiger partial charge on any atom is 0.148 e. The highest BCUT2D eigenvalue weighted by atomic mass is 32.2. The first-order valence-corrected chi connectivity index (χ1v) is 8.10. The summed E-state index contributed by atoms with van der Waals surface area (Å²) >= 11 is 0. The molecule has 6 heteroatoms. The first kappa shape index (κ1) is 11.2. The molecule has 1 aromatic rings. The molecule has 3 rings (SSSR count). The number of hydrogen-bond donors (Lipinski definition) is 0. The number of nitrogens with zero attached hydrogens (tertiary/aromatic N) is 3. The molecule has 2 saturated carbocycles. The zero-order valence-corrected chi connectivity index (χ0v) is 10.8. The van der Waals surface area contributed by atoms with Gasteiger partial charge in [-0.05, 0) is 25.7 Å². The van der Waals surface area contributed by atoms with Gasteiger partial charge in [0.15, 0.2) is 0 Å². The normalized spacial score (nSPS) is 22.6. The zero-order chi connectivity index (χ0) is 12.1. The van der Waals surface area contributed by atoms with E-state index in [4.69, 9.17) is 0 Å². The minimum absolute atomic E-state index is 0.0674. The summed E-state index contributed by atoms with van der Waals surface area (Å²) < 4.78 is 24.5. The molecule has 2 fully saturated rings. The van der Waals surface area contributed by atoms with Crippen LogP contribution < -0.4 is 0 Å². The van der Waals surface area contributed by atoms with E-state index in [9.17, 15) is 8.42 Å². The van der Waals surface area contributed by atoms with Crippen LogP contribution in [0.15, 0.2) is 6.20 Å². The van der Waals surface area contributed by atoms with E-state index in [1.165, 1.54) is 19.1 Å². The predicted molar refractivity (Wildman–Crippen MR) is 63.4 cm³/mol. The Morgan fingerprint density at radius 1 is 1.47 bits per heavy atom. The average Bonchev–Trinajstić information content (AvgIpc) is 3.09. The molecule has 0 spiro atoms. The average molecular weight is 255 g/mol. The van der Waals surface area contributed by atoms with Crippen LogP contribution in [-0.2, 0) is 16.4 Å². The molecule has 0 radical (unpaired) electrons. The molecular weight excluding hydrogens is 238 g/mol. The fraction of sp³-hybridized carbons (Fsp3) is 0.818. The fourth-order valence-electron chi connectivity index (χ4n) is 2.38. The van der Waals surface area contributed by atoms with Crippen LogP contribution in [0.4, 0.5) is 0 Å². The minimum atomic E-state index is -2.90. The summed E-state index contributed by atoms with van der Waals surface area (Å²) in [4.78, 5) is 0. The minimum Gasteiger partial charge on any atom is -0.252 e. The molecule has 94 valence electrons. The number of aromatic nitrogens is 3. The van der Waals surface area contributed by atoms with E-state index >= 15 is 0 Å². The van der Waals surface area contributed by atoms with Crippen LogP contribution >= 0.6 is 0 Å². The van der Waals surface area contributed by atoms with Crippen LogP contribution in [-0.4, -0.2) is 35.4 Å². The Hall–Kier alpha value is -0.910. The van der Waals surface area contributed by atoms with Crippen molar-refractivity contribution in [3.05, 3.63) is 11.9 Å². The van der Waals surface area contributed by atoms with Crippen LogP contribution in [0.2, 0.25) is 0 Å². The Labute approximate surface area is 101 Å². The van der Waals surface area contributed by atoms with Gasteiger partial charge < -0.3 is 0 Å². The summed E-state index contributed by atoms with van der Waals surface area (Å²) in [5, 5.41) is 8.25. The predicted octanol–water partition coefficient (Wildman–Crippen LogP) is 0.980. The summed E-state index contributed by atoms with van der Waals surface area (Å²) in [6, 6.07) is 0. The lowest BCUT2D eigenvalue weighted by Crippen LogP contribution is -2.21. The second-order valence-electron chi connectivity index (χ2n) is 5.69. The molecule has 0 aliphatic heterocycles. The van der Waals surface area contributed by atoms with Crippen molar-refractivity contribution in [2.45, 2.75) is 38.1 Å². The molecule has 5 nitrogen and oxygen atoms in total. The van der Waals surface area contributed by atoms with Crippen molar-refractivity contribution in [2.75, 3.05) is 12.0 Å². The van der Waals surface area contributed by atoms with Crippen LogP contribution in [0.3, 0.4) is 0 Å². The third kappa shape index (κ3) is 2.68. The van der Waals surface area contributed by atoms with Gasteiger partial charge in [0.1, 0.15) is 9.84 Å². The van der Waals surface area contributed by atoms with E-state index in [-0.39, 0.29) is 11.2 Å². The SMILES string of the molecule is CS(=O)(=O)CC1(Cn2cc(C3CC3)nn2)CC1. The topological polar surface area (TPSA) is 64.8 Å². The summed E-state index contributed by atoms with van der Waals surface area (Å²) in [7, 11) is -2.90. The molecule has 0 bridgehead atoms. The Kier molecular flexibility index (Phi) is 2.33. The van der Waals surface area contributed by atoms with Crippen LogP contribution in [0.5, 0.6) is 0 Å². The Bertz CT molecular complexity index is 527. The molecule has 0 aromatic carbocycles. The second kappa shape index (κ2) is 3.54. The van der Waals surface area contributed by atoms with Crippen LogP contribution in [0.1, 0.15) is 37.3 Å². The number of rotatable bonds is 5. The van der Waals surface area contributed by atoms with Gasteiger partial charge in [-0.3, -0.25) is 4.68 Å². The van der Waals surface area contributed by atoms with Gasteiger partial charge in [-0.15, -0.1) is 5.10 Å². The largest absolute Gasteiger partial charge is 0.252 e. The highest BCUT2D eigenvalue weighted by Crippen LogP contribution is 2.48. The van der Waals surface area contributed by atoms with Gasteiger partial charge in [-0.25, -0.2) is 8.42 Å². The zero-order valence-electron chi connectivity index (χ0n) is 9.96. The molecule has 0 unspecified atom stereocenters. The number of hydrogen-bond acceptors (Lipinski definition) is 4. The van der Waals surface area contributed by atoms with Crippen molar-refractivity contribution in [3.8, 4) is 0 Å². The van der Waals surface area contributed by atoms with E-state index in [1.807, 2.05) is 10.9 Å². The van der Waals surface area contributed by atoms with Crippen LogP contribution in [0.25, 0.3) is 0 Å². The Morgan fingerprint density at radius 3 is 2.71 bits per heavy atom. The molecule has 2 aliphatic carbocycles. The molecule has 2 aliphatic rings. The number of sulfone groups is 1. The lowest BCUT2D eigenvalue weighted by Gasteiger charge is -2.12. The molecule has 0 N–H and O–H groups in total. The lowest BCUT2D eigenvalue weighted by molar-refractivity contribution is 0.423. The standard InChI is InChI=1S/C11H17N3O2S/c1-17(15,16)8-11(4-5-11)7-14-6-10(12-13-14)9-2-3-9/h6,9H,2-5,7-8H2,1H3. The molecule has 1 aromatic heterocycles. The molecule has 0 amide bonds. The maximum atomic E-state index is 11.4. The van der Waals surface area contributed by atoms with Crippen molar-refractivity contribution in [2.24, 2.45) is 5.41 Å². The van der Waals surface area contributed by atoms with Crippen molar-refractivity contribution in [3.63, 3.8) is 0 Å². The van der Waals surface area contributed by atoms with E-state index in [0.717, 1.165) is 18.5 Å². The van der Waals surface area contributed by atoms with Gasteiger partial charge in [0.2, 0.25) is 0 Å². The van der Waals surface area contributed by atoms with Crippen molar-refractivity contribution in [1.29, 1.82) is 0 Å².